The first kappa shape index (κ1) is 21.7. The zero-order valence-corrected chi connectivity index (χ0v) is 16.5. The first-order valence-corrected chi connectivity index (χ1v) is 9.92. The average Bonchev–Trinajstić information content (AvgIpc) is 3.17. The summed E-state index contributed by atoms with van der Waals surface area (Å²) in [6, 6.07) is 4.65. The number of nitrogens with zero attached hydrogens (tertiary/aromatic N) is 4. The summed E-state index contributed by atoms with van der Waals surface area (Å²) in [5, 5.41) is 7.47. The van der Waals surface area contributed by atoms with Crippen LogP contribution in [0, 0.1) is 13.8 Å². The van der Waals surface area contributed by atoms with Gasteiger partial charge in [-0.2, -0.15) is 32.1 Å². The lowest BCUT2D eigenvalue weighted by atomic mass is 10.1. The standard InChI is InChI=1S/C17H16F5N5O2S/c1-10-15(11(2)27(24-10)16(18)19)30(28,29)25-14-7-23-26(9-14)8-12-4-3-5-13(6-12)17(20,21)22/h3-7,9,16,25H,8H2,1-2H3. The van der Waals surface area contributed by atoms with Gasteiger partial charge < -0.3 is 0 Å². The summed E-state index contributed by atoms with van der Waals surface area (Å²) in [6.07, 6.45) is -2.05. The van der Waals surface area contributed by atoms with E-state index >= 15 is 0 Å². The molecule has 0 amide bonds. The number of sulfonamides is 1. The van der Waals surface area contributed by atoms with E-state index < -0.39 is 28.3 Å². The van der Waals surface area contributed by atoms with Gasteiger partial charge in [0.2, 0.25) is 0 Å². The van der Waals surface area contributed by atoms with Crippen molar-refractivity contribution in [1.82, 2.24) is 19.6 Å². The van der Waals surface area contributed by atoms with Crippen LogP contribution in [0.2, 0.25) is 0 Å². The largest absolute Gasteiger partial charge is 0.416 e. The van der Waals surface area contributed by atoms with Crippen LogP contribution >= 0.6 is 0 Å². The molecule has 0 saturated carbocycles. The minimum atomic E-state index is -4.49. The number of rotatable bonds is 6. The summed E-state index contributed by atoms with van der Waals surface area (Å²) in [6.45, 7) is -0.537. The molecule has 2 aromatic heterocycles. The second-order valence-electron chi connectivity index (χ2n) is 6.45. The van der Waals surface area contributed by atoms with E-state index in [2.05, 4.69) is 14.9 Å². The molecule has 0 bridgehead atoms. The Hall–Kier alpha value is -2.96. The molecule has 0 aliphatic rings. The summed E-state index contributed by atoms with van der Waals surface area (Å²) in [7, 11) is -4.24. The van der Waals surface area contributed by atoms with Crippen LogP contribution in [-0.4, -0.2) is 28.0 Å². The third-order valence-corrected chi connectivity index (χ3v) is 5.83. The summed E-state index contributed by atoms with van der Waals surface area (Å²) in [5.74, 6) is 0. The number of anilines is 1. The molecular formula is C17H16F5N5O2S. The highest BCUT2D eigenvalue weighted by Crippen LogP contribution is 2.30. The maximum atomic E-state index is 13.0. The Balaban J connectivity index is 1.81. The molecule has 0 saturated heterocycles. The molecule has 0 aliphatic heterocycles. The van der Waals surface area contributed by atoms with Crippen LogP contribution in [0.1, 0.15) is 29.1 Å². The van der Waals surface area contributed by atoms with Gasteiger partial charge in [0.1, 0.15) is 4.90 Å². The fraction of sp³-hybridized carbons (Fsp3) is 0.294. The molecule has 0 fully saturated rings. The van der Waals surface area contributed by atoms with Gasteiger partial charge in [-0.3, -0.25) is 9.40 Å². The molecule has 0 aliphatic carbocycles. The average molecular weight is 449 g/mol. The van der Waals surface area contributed by atoms with Crippen molar-refractivity contribution in [3.05, 3.63) is 59.2 Å². The quantitative estimate of drug-likeness (QED) is 0.578. The van der Waals surface area contributed by atoms with Crippen molar-refractivity contribution in [3.8, 4) is 0 Å². The molecule has 0 spiro atoms. The van der Waals surface area contributed by atoms with Crippen LogP contribution < -0.4 is 4.72 Å². The molecule has 0 unspecified atom stereocenters. The Morgan fingerprint density at radius 1 is 1.20 bits per heavy atom. The van der Waals surface area contributed by atoms with Gasteiger partial charge in [0, 0.05) is 6.20 Å². The Morgan fingerprint density at radius 2 is 1.90 bits per heavy atom. The number of aryl methyl sites for hydroxylation is 1. The number of halogens is 5. The van der Waals surface area contributed by atoms with Gasteiger partial charge in [-0.25, -0.2) is 13.1 Å². The first-order chi connectivity index (χ1) is 13.9. The topological polar surface area (TPSA) is 81.8 Å². The fourth-order valence-electron chi connectivity index (χ4n) is 2.97. The maximum absolute atomic E-state index is 13.0. The monoisotopic (exact) mass is 449 g/mol. The number of alkyl halides is 5. The van der Waals surface area contributed by atoms with E-state index in [1.807, 2.05) is 0 Å². The van der Waals surface area contributed by atoms with Gasteiger partial charge in [0.15, 0.2) is 0 Å². The highest BCUT2D eigenvalue weighted by atomic mass is 32.2. The smallest absolute Gasteiger partial charge is 0.276 e. The minimum absolute atomic E-state index is 0.0190. The van der Waals surface area contributed by atoms with Crippen molar-refractivity contribution in [2.75, 3.05) is 4.72 Å². The van der Waals surface area contributed by atoms with Crippen molar-refractivity contribution < 1.29 is 30.4 Å². The van der Waals surface area contributed by atoms with Crippen LogP contribution in [0.5, 0.6) is 0 Å². The molecule has 0 radical (unpaired) electrons. The van der Waals surface area contributed by atoms with Crippen LogP contribution in [0.4, 0.5) is 27.6 Å². The SMILES string of the molecule is Cc1nn(C(F)F)c(C)c1S(=O)(=O)Nc1cnn(Cc2cccc(C(F)(F)F)c2)c1. The molecule has 30 heavy (non-hydrogen) atoms. The van der Waals surface area contributed by atoms with Crippen LogP contribution in [0.3, 0.4) is 0 Å². The van der Waals surface area contributed by atoms with E-state index in [0.717, 1.165) is 18.3 Å². The normalized spacial score (nSPS) is 12.5. The molecule has 1 N–H and O–H groups in total. The van der Waals surface area contributed by atoms with E-state index in [1.54, 1.807) is 0 Å². The Kier molecular flexibility index (Phi) is 5.58. The molecule has 2 heterocycles. The number of hydrogen-bond donors (Lipinski definition) is 1. The lowest BCUT2D eigenvalue weighted by Crippen LogP contribution is -2.15. The Bertz CT molecular complexity index is 1170. The number of aromatic nitrogens is 4. The van der Waals surface area contributed by atoms with Crippen LogP contribution in [0.15, 0.2) is 41.6 Å². The van der Waals surface area contributed by atoms with Gasteiger partial charge in [0.25, 0.3) is 10.0 Å². The van der Waals surface area contributed by atoms with E-state index in [4.69, 9.17) is 0 Å². The maximum Gasteiger partial charge on any atom is 0.416 e. The van der Waals surface area contributed by atoms with Crippen molar-refractivity contribution in [2.45, 2.75) is 38.0 Å². The molecule has 13 heteroatoms. The predicted octanol–water partition coefficient (Wildman–Crippen LogP) is 3.96. The number of nitrogens with one attached hydrogen (secondary N) is 1. The molecule has 162 valence electrons. The molecule has 1 aromatic carbocycles. The third-order valence-electron chi connectivity index (χ3n) is 4.20. The lowest BCUT2D eigenvalue weighted by Gasteiger charge is -2.09. The Morgan fingerprint density at radius 3 is 2.50 bits per heavy atom. The fourth-order valence-corrected chi connectivity index (χ4v) is 4.40. The van der Waals surface area contributed by atoms with Crippen LogP contribution in [-0.2, 0) is 22.7 Å². The highest BCUT2D eigenvalue weighted by Gasteiger charge is 2.30. The molecule has 3 rings (SSSR count). The second-order valence-corrected chi connectivity index (χ2v) is 8.07. The molecule has 7 nitrogen and oxygen atoms in total. The van der Waals surface area contributed by atoms with Crippen molar-refractivity contribution >= 4 is 15.7 Å². The summed E-state index contributed by atoms with van der Waals surface area (Å²) < 4.78 is 93.4. The number of hydrogen-bond acceptors (Lipinski definition) is 4. The zero-order valence-electron chi connectivity index (χ0n) is 15.7. The molecule has 3 aromatic rings. The second kappa shape index (κ2) is 7.70. The lowest BCUT2D eigenvalue weighted by molar-refractivity contribution is -0.137. The highest BCUT2D eigenvalue weighted by molar-refractivity contribution is 7.92. The summed E-state index contributed by atoms with van der Waals surface area (Å²) >= 11 is 0. The summed E-state index contributed by atoms with van der Waals surface area (Å²) in [5.41, 5.74) is -0.809. The zero-order chi connectivity index (χ0) is 22.3. The Labute approximate surface area is 168 Å². The summed E-state index contributed by atoms with van der Waals surface area (Å²) in [4.78, 5) is -0.381. The minimum Gasteiger partial charge on any atom is -0.276 e. The molecular weight excluding hydrogens is 433 g/mol. The van der Waals surface area contributed by atoms with Gasteiger partial charge in [-0.05, 0) is 31.5 Å². The van der Waals surface area contributed by atoms with E-state index in [1.165, 1.54) is 36.9 Å². The van der Waals surface area contributed by atoms with Crippen molar-refractivity contribution in [1.29, 1.82) is 0 Å². The molecule has 0 atom stereocenters. The van der Waals surface area contributed by atoms with Gasteiger partial charge in [0.05, 0.1) is 35.4 Å². The van der Waals surface area contributed by atoms with E-state index in [9.17, 15) is 30.4 Å². The number of benzene rings is 1. The van der Waals surface area contributed by atoms with Crippen LogP contribution in [0.25, 0.3) is 0 Å². The first-order valence-electron chi connectivity index (χ1n) is 8.44. The van der Waals surface area contributed by atoms with E-state index in [-0.39, 0.29) is 28.5 Å². The van der Waals surface area contributed by atoms with Crippen molar-refractivity contribution in [2.24, 2.45) is 0 Å². The van der Waals surface area contributed by atoms with Gasteiger partial charge in [-0.15, -0.1) is 0 Å². The van der Waals surface area contributed by atoms with Gasteiger partial charge >= 0.3 is 12.7 Å². The van der Waals surface area contributed by atoms with Gasteiger partial charge in [-0.1, -0.05) is 12.1 Å². The van der Waals surface area contributed by atoms with E-state index in [0.29, 0.717) is 10.2 Å². The third kappa shape index (κ3) is 4.45. The predicted molar refractivity (Wildman–Crippen MR) is 96.5 cm³/mol. The van der Waals surface area contributed by atoms with Crippen molar-refractivity contribution in [3.63, 3.8) is 0 Å².